The van der Waals surface area contributed by atoms with Crippen LogP contribution in [0.2, 0.25) is 6.04 Å². The minimum absolute atomic E-state index is 0.0277. The SMILES string of the molecule is Nc1nc(SCCC[Si](O)(O)O)n[nH]1. The molecule has 0 bridgehead atoms. The summed E-state index contributed by atoms with van der Waals surface area (Å²) in [5.74, 6) is 0.857. The first-order chi connectivity index (χ1) is 6.47. The van der Waals surface area contributed by atoms with Crippen LogP contribution in [0.4, 0.5) is 5.95 Å². The van der Waals surface area contributed by atoms with E-state index in [1.165, 1.54) is 11.8 Å². The molecular formula is C5H12N4O3SSi. The number of nitrogens with two attached hydrogens (primary N) is 1. The van der Waals surface area contributed by atoms with Gasteiger partial charge >= 0.3 is 8.80 Å². The molecule has 80 valence electrons. The molecule has 7 nitrogen and oxygen atoms in total. The second-order valence-electron chi connectivity index (χ2n) is 2.73. The maximum Gasteiger partial charge on any atom is 0.492 e. The number of H-pyrrole nitrogens is 1. The van der Waals surface area contributed by atoms with E-state index >= 15 is 0 Å². The molecule has 0 unspecified atom stereocenters. The van der Waals surface area contributed by atoms with Crippen LogP contribution in [0.25, 0.3) is 0 Å². The molecule has 0 saturated carbocycles. The lowest BCUT2D eigenvalue weighted by molar-refractivity contribution is 0.227. The number of anilines is 1. The zero-order valence-corrected chi connectivity index (χ0v) is 9.16. The van der Waals surface area contributed by atoms with Crippen molar-refractivity contribution in [3.8, 4) is 0 Å². The van der Waals surface area contributed by atoms with Crippen molar-refractivity contribution >= 4 is 26.5 Å². The van der Waals surface area contributed by atoms with Crippen LogP contribution in [0.1, 0.15) is 6.42 Å². The first-order valence-corrected chi connectivity index (χ1v) is 6.98. The van der Waals surface area contributed by atoms with Gasteiger partial charge in [-0.05, 0) is 6.42 Å². The number of thioether (sulfide) groups is 1. The standard InChI is InChI=1S/C5H12N4O3SSi/c6-4-7-5(9-8-4)13-2-1-3-14(10,11)12/h10-12H,1-3H2,(H3,6,7,8,9). The molecule has 6 N–H and O–H groups in total. The van der Waals surface area contributed by atoms with Crippen molar-refractivity contribution in [3.05, 3.63) is 0 Å². The van der Waals surface area contributed by atoms with Crippen molar-refractivity contribution in [1.82, 2.24) is 15.2 Å². The Kier molecular flexibility index (Phi) is 3.89. The van der Waals surface area contributed by atoms with E-state index in [4.69, 9.17) is 20.1 Å². The van der Waals surface area contributed by atoms with Crippen molar-refractivity contribution in [2.24, 2.45) is 0 Å². The van der Waals surface area contributed by atoms with Gasteiger partial charge in [-0.3, -0.25) is 0 Å². The maximum absolute atomic E-state index is 8.70. The van der Waals surface area contributed by atoms with Gasteiger partial charge in [0, 0.05) is 11.8 Å². The number of aromatic amines is 1. The number of rotatable bonds is 5. The Morgan fingerprint density at radius 2 is 2.14 bits per heavy atom. The van der Waals surface area contributed by atoms with E-state index in [0.29, 0.717) is 17.3 Å². The molecule has 0 amide bonds. The predicted octanol–water partition coefficient (Wildman–Crippen LogP) is -1.22. The van der Waals surface area contributed by atoms with Gasteiger partial charge in [0.1, 0.15) is 0 Å². The summed E-state index contributed by atoms with van der Waals surface area (Å²) in [6, 6.07) is 0.0277. The maximum atomic E-state index is 8.70. The van der Waals surface area contributed by atoms with E-state index in [9.17, 15) is 0 Å². The zero-order chi connectivity index (χ0) is 10.6. The summed E-state index contributed by atoms with van der Waals surface area (Å²) in [4.78, 5) is 29.9. The normalized spacial score (nSPS) is 11.9. The number of hydrogen-bond donors (Lipinski definition) is 5. The summed E-state index contributed by atoms with van der Waals surface area (Å²) in [5.41, 5.74) is 5.30. The molecule has 0 aliphatic rings. The molecule has 14 heavy (non-hydrogen) atoms. The molecule has 1 heterocycles. The van der Waals surface area contributed by atoms with Gasteiger partial charge in [-0.25, -0.2) is 5.10 Å². The fraction of sp³-hybridized carbons (Fsp3) is 0.600. The van der Waals surface area contributed by atoms with Crippen LogP contribution in [-0.2, 0) is 0 Å². The highest BCUT2D eigenvalue weighted by atomic mass is 32.2. The third kappa shape index (κ3) is 4.57. The number of nitrogen functional groups attached to an aromatic ring is 1. The van der Waals surface area contributed by atoms with Crippen molar-refractivity contribution < 1.29 is 14.4 Å². The van der Waals surface area contributed by atoms with Gasteiger partial charge in [-0.15, -0.1) is 5.10 Å². The summed E-state index contributed by atoms with van der Waals surface area (Å²) in [6.07, 6.45) is 0.495. The second-order valence-corrected chi connectivity index (χ2v) is 5.84. The Bertz CT molecular complexity index is 289. The molecule has 0 spiro atoms. The first kappa shape index (κ1) is 11.5. The van der Waals surface area contributed by atoms with Crippen LogP contribution in [0.3, 0.4) is 0 Å². The third-order valence-corrected chi connectivity index (χ3v) is 3.33. The topological polar surface area (TPSA) is 128 Å². The number of hydrogen-bond acceptors (Lipinski definition) is 7. The van der Waals surface area contributed by atoms with Gasteiger partial charge < -0.3 is 20.1 Å². The van der Waals surface area contributed by atoms with Crippen LogP contribution < -0.4 is 5.73 Å². The highest BCUT2D eigenvalue weighted by molar-refractivity contribution is 7.99. The van der Waals surface area contributed by atoms with Crippen LogP contribution in [0.15, 0.2) is 5.16 Å². The molecule has 0 aliphatic carbocycles. The average molecular weight is 236 g/mol. The van der Waals surface area contributed by atoms with Crippen molar-refractivity contribution in [1.29, 1.82) is 0 Å². The van der Waals surface area contributed by atoms with E-state index in [-0.39, 0.29) is 12.0 Å². The molecule has 1 rings (SSSR count). The molecule has 9 heteroatoms. The molecule has 0 aliphatic heterocycles. The number of nitrogens with zero attached hydrogens (tertiary/aromatic N) is 2. The van der Waals surface area contributed by atoms with Gasteiger partial charge in [0.15, 0.2) is 0 Å². The molecule has 1 aromatic heterocycles. The van der Waals surface area contributed by atoms with Gasteiger partial charge in [0.25, 0.3) is 0 Å². The smallest absolute Gasteiger partial charge is 0.390 e. The molecule has 0 aromatic carbocycles. The van der Waals surface area contributed by atoms with Gasteiger partial charge in [-0.1, -0.05) is 11.8 Å². The summed E-state index contributed by atoms with van der Waals surface area (Å²) < 4.78 is 0. The van der Waals surface area contributed by atoms with Crippen LogP contribution in [-0.4, -0.2) is 44.1 Å². The highest BCUT2D eigenvalue weighted by Gasteiger charge is 2.25. The largest absolute Gasteiger partial charge is 0.492 e. The van der Waals surface area contributed by atoms with E-state index in [1.807, 2.05) is 0 Å². The number of aromatic nitrogens is 3. The van der Waals surface area contributed by atoms with Gasteiger partial charge in [-0.2, -0.15) is 4.98 Å². The van der Waals surface area contributed by atoms with E-state index in [1.54, 1.807) is 0 Å². The summed E-state index contributed by atoms with van der Waals surface area (Å²) >= 11 is 1.34. The van der Waals surface area contributed by atoms with Crippen LogP contribution in [0.5, 0.6) is 0 Å². The summed E-state index contributed by atoms with van der Waals surface area (Å²) in [7, 11) is -3.88. The van der Waals surface area contributed by atoms with Gasteiger partial charge in [0.05, 0.1) is 0 Å². The minimum atomic E-state index is -3.88. The number of nitrogens with one attached hydrogen (secondary N) is 1. The van der Waals surface area contributed by atoms with Crippen LogP contribution in [0, 0.1) is 0 Å². The summed E-state index contributed by atoms with van der Waals surface area (Å²) in [5, 5.41) is 6.77. The zero-order valence-electron chi connectivity index (χ0n) is 7.34. The quantitative estimate of drug-likeness (QED) is 0.246. The van der Waals surface area contributed by atoms with Crippen LogP contribution >= 0.6 is 11.8 Å². The van der Waals surface area contributed by atoms with Crippen molar-refractivity contribution in [2.75, 3.05) is 11.5 Å². The monoisotopic (exact) mass is 236 g/mol. The lowest BCUT2D eigenvalue weighted by Crippen LogP contribution is -2.34. The summed E-state index contributed by atoms with van der Waals surface area (Å²) in [6.45, 7) is 0. The second kappa shape index (κ2) is 4.75. The fourth-order valence-corrected chi connectivity index (χ4v) is 2.45. The molecule has 0 radical (unpaired) electrons. The van der Waals surface area contributed by atoms with E-state index < -0.39 is 8.80 Å². The minimum Gasteiger partial charge on any atom is -0.390 e. The molecule has 0 fully saturated rings. The lowest BCUT2D eigenvalue weighted by Gasteiger charge is -2.07. The highest BCUT2D eigenvalue weighted by Crippen LogP contribution is 2.16. The van der Waals surface area contributed by atoms with Crippen molar-refractivity contribution in [3.63, 3.8) is 0 Å². The van der Waals surface area contributed by atoms with Crippen molar-refractivity contribution in [2.45, 2.75) is 17.6 Å². The predicted molar refractivity (Wildman–Crippen MR) is 53.4 cm³/mol. The Balaban J connectivity index is 2.16. The molecule has 0 saturated heterocycles. The Morgan fingerprint density at radius 3 is 2.64 bits per heavy atom. The van der Waals surface area contributed by atoms with Gasteiger partial charge in [0.2, 0.25) is 11.1 Å². The Hall–Kier alpha value is -0.613. The third-order valence-electron chi connectivity index (χ3n) is 1.37. The Morgan fingerprint density at radius 1 is 1.43 bits per heavy atom. The molecule has 0 atom stereocenters. The van der Waals surface area contributed by atoms with E-state index in [0.717, 1.165) is 0 Å². The first-order valence-electron chi connectivity index (χ1n) is 3.95. The lowest BCUT2D eigenvalue weighted by atomic mass is 10.6. The average Bonchev–Trinajstić information content (AvgIpc) is 2.44. The molecular weight excluding hydrogens is 224 g/mol. The Labute approximate surface area is 85.7 Å². The fourth-order valence-electron chi connectivity index (χ4n) is 0.795. The van der Waals surface area contributed by atoms with E-state index in [2.05, 4.69) is 15.2 Å². The molecule has 1 aromatic rings.